The highest BCUT2D eigenvalue weighted by Gasteiger charge is 2.06. The Morgan fingerprint density at radius 2 is 1.88 bits per heavy atom. The van der Waals surface area contributed by atoms with Crippen molar-refractivity contribution in [3.05, 3.63) is 62.3 Å². The third-order valence-corrected chi connectivity index (χ3v) is 2.91. The van der Waals surface area contributed by atoms with Crippen LogP contribution in [0.4, 0.5) is 0 Å². The van der Waals surface area contributed by atoms with Gasteiger partial charge >= 0.3 is 0 Å². The molecule has 88 valence electrons. The normalized spacial score (nSPS) is 10.4. The molecule has 0 radical (unpaired) electrons. The second-order valence-electron chi connectivity index (χ2n) is 3.88. The van der Waals surface area contributed by atoms with Crippen molar-refractivity contribution in [2.45, 2.75) is 19.8 Å². The van der Waals surface area contributed by atoms with Crippen molar-refractivity contribution in [3.8, 4) is 0 Å². The van der Waals surface area contributed by atoms with E-state index in [-0.39, 0.29) is 5.56 Å². The second-order valence-corrected chi connectivity index (χ2v) is 4.29. The smallest absolute Gasteiger partial charge is 0.255 e. The Hall–Kier alpha value is -1.68. The number of aromatic nitrogens is 2. The van der Waals surface area contributed by atoms with Crippen molar-refractivity contribution >= 4 is 12.2 Å². The van der Waals surface area contributed by atoms with E-state index in [1.54, 1.807) is 0 Å². The minimum atomic E-state index is -0.0813. The number of rotatable bonds is 3. The first-order valence-corrected chi connectivity index (χ1v) is 5.99. The lowest BCUT2D eigenvalue weighted by Crippen LogP contribution is -2.17. The molecule has 2 rings (SSSR count). The topological polar surface area (TPSA) is 48.6 Å². The molecule has 0 amide bonds. The van der Waals surface area contributed by atoms with Crippen LogP contribution in [0.15, 0.2) is 35.1 Å². The van der Waals surface area contributed by atoms with Crippen molar-refractivity contribution in [1.29, 1.82) is 0 Å². The first-order chi connectivity index (χ1) is 8.20. The monoisotopic (exact) mass is 246 g/mol. The van der Waals surface area contributed by atoms with Crippen molar-refractivity contribution in [3.63, 3.8) is 0 Å². The maximum atomic E-state index is 11.7. The van der Waals surface area contributed by atoms with Gasteiger partial charge in [-0.05, 0) is 24.2 Å². The van der Waals surface area contributed by atoms with Crippen molar-refractivity contribution in [1.82, 2.24) is 9.97 Å². The molecular formula is C13H14N2OS. The minimum absolute atomic E-state index is 0.0813. The number of hydrogen-bond acceptors (Lipinski definition) is 2. The first kappa shape index (κ1) is 11.8. The Morgan fingerprint density at radius 3 is 2.53 bits per heavy atom. The predicted octanol–water partition coefficient (Wildman–Crippen LogP) is 2.59. The molecule has 0 spiro atoms. The van der Waals surface area contributed by atoms with Crippen LogP contribution in [-0.2, 0) is 12.8 Å². The van der Waals surface area contributed by atoms with Crippen LogP contribution in [0.25, 0.3) is 0 Å². The molecule has 0 saturated carbocycles. The van der Waals surface area contributed by atoms with Crippen LogP contribution in [0, 0.1) is 4.77 Å². The van der Waals surface area contributed by atoms with Crippen LogP contribution in [0.1, 0.15) is 23.7 Å². The molecule has 1 aromatic heterocycles. The minimum Gasteiger partial charge on any atom is -0.335 e. The fourth-order valence-corrected chi connectivity index (χ4v) is 2.10. The van der Waals surface area contributed by atoms with Crippen molar-refractivity contribution in [2.24, 2.45) is 0 Å². The van der Waals surface area contributed by atoms with Gasteiger partial charge in [-0.1, -0.05) is 37.3 Å². The Labute approximate surface area is 105 Å². The summed E-state index contributed by atoms with van der Waals surface area (Å²) in [6.07, 6.45) is 1.40. The Morgan fingerprint density at radius 1 is 1.18 bits per heavy atom. The standard InChI is InChI=1S/C13H14N2OS/c1-2-10-11(14-13(17)15-12(10)16)8-9-6-4-3-5-7-9/h3-7H,2,8H2,1H3,(H2,14,15,16,17). The molecule has 0 aliphatic rings. The Bertz CT molecular complexity index is 613. The largest absolute Gasteiger partial charge is 0.335 e. The third-order valence-electron chi connectivity index (χ3n) is 2.71. The number of aromatic amines is 2. The Kier molecular flexibility index (Phi) is 3.54. The molecule has 2 N–H and O–H groups in total. The molecule has 0 fully saturated rings. The van der Waals surface area contributed by atoms with Gasteiger partial charge in [0.05, 0.1) is 0 Å². The van der Waals surface area contributed by atoms with Crippen LogP contribution < -0.4 is 5.56 Å². The average molecular weight is 246 g/mol. The van der Waals surface area contributed by atoms with Gasteiger partial charge in [-0.2, -0.15) is 0 Å². The fourth-order valence-electron chi connectivity index (χ4n) is 1.88. The molecule has 1 heterocycles. The molecule has 0 aliphatic heterocycles. The highest BCUT2D eigenvalue weighted by atomic mass is 32.1. The van der Waals surface area contributed by atoms with Crippen molar-refractivity contribution < 1.29 is 0 Å². The zero-order valence-electron chi connectivity index (χ0n) is 9.62. The lowest BCUT2D eigenvalue weighted by atomic mass is 10.1. The summed E-state index contributed by atoms with van der Waals surface area (Å²) in [6.45, 7) is 1.97. The molecule has 0 bridgehead atoms. The molecule has 3 nitrogen and oxygen atoms in total. The quantitative estimate of drug-likeness (QED) is 0.818. The molecule has 0 saturated heterocycles. The van der Waals surface area contributed by atoms with E-state index in [0.717, 1.165) is 11.3 Å². The number of nitrogens with one attached hydrogen (secondary N) is 2. The summed E-state index contributed by atoms with van der Waals surface area (Å²) in [5.41, 5.74) is 2.77. The maximum Gasteiger partial charge on any atom is 0.255 e. The first-order valence-electron chi connectivity index (χ1n) is 5.59. The molecule has 0 aliphatic carbocycles. The van der Waals surface area contributed by atoms with Gasteiger partial charge in [-0.15, -0.1) is 0 Å². The SMILES string of the molecule is CCc1c(Cc2ccccc2)[nH]c(=S)[nH]c1=O. The van der Waals surface area contributed by atoms with Crippen LogP contribution in [0.5, 0.6) is 0 Å². The van der Waals surface area contributed by atoms with Crippen LogP contribution in [0.3, 0.4) is 0 Å². The van der Waals surface area contributed by atoms with E-state index in [0.29, 0.717) is 17.6 Å². The van der Waals surface area contributed by atoms with E-state index >= 15 is 0 Å². The van der Waals surface area contributed by atoms with E-state index < -0.39 is 0 Å². The van der Waals surface area contributed by atoms with Gasteiger partial charge in [-0.3, -0.25) is 9.78 Å². The molecule has 17 heavy (non-hydrogen) atoms. The summed E-state index contributed by atoms with van der Waals surface area (Å²) in [4.78, 5) is 17.4. The van der Waals surface area contributed by atoms with Gasteiger partial charge in [0.25, 0.3) is 5.56 Å². The maximum absolute atomic E-state index is 11.7. The molecule has 0 unspecified atom stereocenters. The van der Waals surface area contributed by atoms with Crippen LogP contribution in [0.2, 0.25) is 0 Å². The molecule has 0 atom stereocenters. The lowest BCUT2D eigenvalue weighted by Gasteiger charge is -2.07. The number of hydrogen-bond donors (Lipinski definition) is 2. The molecule has 4 heteroatoms. The average Bonchev–Trinajstić information content (AvgIpc) is 2.30. The molecule has 2 aromatic rings. The van der Waals surface area contributed by atoms with Gasteiger partial charge < -0.3 is 4.98 Å². The highest BCUT2D eigenvalue weighted by Crippen LogP contribution is 2.09. The molecule has 1 aromatic carbocycles. The molecular weight excluding hydrogens is 232 g/mol. The zero-order chi connectivity index (χ0) is 12.3. The fraction of sp³-hybridized carbons (Fsp3) is 0.231. The summed E-state index contributed by atoms with van der Waals surface area (Å²) in [5.74, 6) is 0. The van der Waals surface area contributed by atoms with E-state index in [1.807, 2.05) is 37.3 Å². The summed E-state index contributed by atoms with van der Waals surface area (Å²) >= 11 is 5.00. The van der Waals surface area contributed by atoms with Crippen molar-refractivity contribution in [2.75, 3.05) is 0 Å². The van der Waals surface area contributed by atoms with E-state index in [1.165, 1.54) is 5.56 Å². The van der Waals surface area contributed by atoms with Crippen LogP contribution >= 0.6 is 12.2 Å². The van der Waals surface area contributed by atoms with Gasteiger partial charge in [0.1, 0.15) is 0 Å². The predicted molar refractivity (Wildman–Crippen MR) is 70.9 cm³/mol. The van der Waals surface area contributed by atoms with Gasteiger partial charge in [0.2, 0.25) is 0 Å². The highest BCUT2D eigenvalue weighted by molar-refractivity contribution is 7.71. The summed E-state index contributed by atoms with van der Waals surface area (Å²) < 4.78 is 0.387. The van der Waals surface area contributed by atoms with E-state index in [2.05, 4.69) is 9.97 Å². The lowest BCUT2D eigenvalue weighted by molar-refractivity contribution is 0.911. The zero-order valence-corrected chi connectivity index (χ0v) is 10.4. The third kappa shape index (κ3) is 2.71. The summed E-state index contributed by atoms with van der Waals surface area (Å²) in [5, 5.41) is 0. The summed E-state index contributed by atoms with van der Waals surface area (Å²) in [7, 11) is 0. The Balaban J connectivity index is 2.45. The number of benzene rings is 1. The van der Waals surface area contributed by atoms with Gasteiger partial charge in [-0.25, -0.2) is 0 Å². The van der Waals surface area contributed by atoms with E-state index in [9.17, 15) is 4.79 Å². The number of H-pyrrole nitrogens is 2. The van der Waals surface area contributed by atoms with Gasteiger partial charge in [0.15, 0.2) is 4.77 Å². The second kappa shape index (κ2) is 5.10. The van der Waals surface area contributed by atoms with Gasteiger partial charge in [0, 0.05) is 17.7 Å². The van der Waals surface area contributed by atoms with E-state index in [4.69, 9.17) is 12.2 Å². The summed E-state index contributed by atoms with van der Waals surface area (Å²) in [6, 6.07) is 10.0. The van der Waals surface area contributed by atoms with Crippen LogP contribution in [-0.4, -0.2) is 9.97 Å².